The maximum atomic E-state index is 12.6. The van der Waals surface area contributed by atoms with Crippen LogP contribution in [0.25, 0.3) is 0 Å². The van der Waals surface area contributed by atoms with Gasteiger partial charge in [-0.3, -0.25) is 9.59 Å². The van der Waals surface area contributed by atoms with Crippen LogP contribution in [-0.2, 0) is 4.79 Å². The number of benzene rings is 1. The van der Waals surface area contributed by atoms with E-state index in [0.717, 1.165) is 19.3 Å². The number of hydrogen-bond donors (Lipinski definition) is 1. The van der Waals surface area contributed by atoms with Crippen LogP contribution in [0.3, 0.4) is 0 Å². The summed E-state index contributed by atoms with van der Waals surface area (Å²) in [7, 11) is 1.64. The van der Waals surface area contributed by atoms with Gasteiger partial charge in [0.15, 0.2) is 0 Å². The summed E-state index contributed by atoms with van der Waals surface area (Å²) in [5.74, 6) is 0.287. The number of amides is 2. The fourth-order valence-electron chi connectivity index (χ4n) is 3.50. The number of carbonyl (C=O) groups is 2. The molecule has 1 heterocycles. The standard InChI is InChI=1S/C15H18N2O2/c1-16-14(18)13-11-7-8-12(9-11)17(13)15(19)10-5-3-2-4-6-10/h2-6,11-13H,7-9H2,1H3,(H,16,18)/t11-,12-,13-/m0/s1. The van der Waals surface area contributed by atoms with E-state index >= 15 is 0 Å². The van der Waals surface area contributed by atoms with E-state index in [1.165, 1.54) is 0 Å². The van der Waals surface area contributed by atoms with Crippen molar-refractivity contribution in [1.29, 1.82) is 0 Å². The van der Waals surface area contributed by atoms with Gasteiger partial charge in [-0.2, -0.15) is 0 Å². The third-order valence-corrected chi connectivity index (χ3v) is 4.36. The smallest absolute Gasteiger partial charge is 0.254 e. The number of rotatable bonds is 2. The number of nitrogens with one attached hydrogen (secondary N) is 1. The lowest BCUT2D eigenvalue weighted by Gasteiger charge is -2.34. The van der Waals surface area contributed by atoms with E-state index in [1.54, 1.807) is 7.05 Å². The second-order valence-corrected chi connectivity index (χ2v) is 5.36. The number of likely N-dealkylation sites (tertiary alicyclic amines) is 1. The Kier molecular flexibility index (Phi) is 3.01. The molecule has 1 aliphatic carbocycles. The summed E-state index contributed by atoms with van der Waals surface area (Å²) in [5, 5.41) is 2.70. The molecule has 1 saturated heterocycles. The van der Waals surface area contributed by atoms with E-state index in [2.05, 4.69) is 5.32 Å². The van der Waals surface area contributed by atoms with Crippen molar-refractivity contribution in [2.75, 3.05) is 7.05 Å². The van der Waals surface area contributed by atoms with E-state index < -0.39 is 0 Å². The molecule has 1 aliphatic heterocycles. The van der Waals surface area contributed by atoms with Gasteiger partial charge in [-0.15, -0.1) is 0 Å². The van der Waals surface area contributed by atoms with Crippen LogP contribution in [0.4, 0.5) is 0 Å². The molecule has 3 rings (SSSR count). The molecule has 0 radical (unpaired) electrons. The van der Waals surface area contributed by atoms with Gasteiger partial charge in [0.2, 0.25) is 5.91 Å². The predicted molar refractivity (Wildman–Crippen MR) is 71.6 cm³/mol. The first-order valence-corrected chi connectivity index (χ1v) is 6.81. The molecule has 0 spiro atoms. The van der Waals surface area contributed by atoms with Crippen LogP contribution in [-0.4, -0.2) is 35.8 Å². The van der Waals surface area contributed by atoms with Crippen molar-refractivity contribution in [2.24, 2.45) is 5.92 Å². The molecule has 4 nitrogen and oxygen atoms in total. The fourth-order valence-corrected chi connectivity index (χ4v) is 3.50. The summed E-state index contributed by atoms with van der Waals surface area (Å²) in [6.45, 7) is 0. The summed E-state index contributed by atoms with van der Waals surface area (Å²) >= 11 is 0. The van der Waals surface area contributed by atoms with E-state index in [4.69, 9.17) is 0 Å². The first-order chi connectivity index (χ1) is 9.22. The predicted octanol–water partition coefficient (Wildman–Crippen LogP) is 1.43. The second kappa shape index (κ2) is 4.68. The van der Waals surface area contributed by atoms with Crippen molar-refractivity contribution in [2.45, 2.75) is 31.3 Å². The van der Waals surface area contributed by atoms with Crippen LogP contribution in [0, 0.1) is 5.92 Å². The van der Waals surface area contributed by atoms with Crippen LogP contribution in [0.15, 0.2) is 30.3 Å². The van der Waals surface area contributed by atoms with E-state index in [0.29, 0.717) is 11.5 Å². The molecule has 0 aromatic heterocycles. The number of piperidine rings is 1. The zero-order valence-electron chi connectivity index (χ0n) is 11.0. The van der Waals surface area contributed by atoms with Crippen LogP contribution >= 0.6 is 0 Å². The third kappa shape index (κ3) is 1.91. The molecule has 1 N–H and O–H groups in total. The highest BCUT2D eigenvalue weighted by molar-refractivity contribution is 5.98. The van der Waals surface area contributed by atoms with Gasteiger partial charge >= 0.3 is 0 Å². The minimum atomic E-state index is -0.281. The van der Waals surface area contributed by atoms with Crippen molar-refractivity contribution in [3.63, 3.8) is 0 Å². The molecule has 19 heavy (non-hydrogen) atoms. The number of hydrogen-bond acceptors (Lipinski definition) is 2. The third-order valence-electron chi connectivity index (χ3n) is 4.36. The highest BCUT2D eigenvalue weighted by atomic mass is 16.2. The van der Waals surface area contributed by atoms with Gasteiger partial charge in [0.1, 0.15) is 6.04 Å². The minimum absolute atomic E-state index is 0.0126. The molecule has 100 valence electrons. The maximum Gasteiger partial charge on any atom is 0.254 e. The fraction of sp³-hybridized carbons (Fsp3) is 0.467. The van der Waals surface area contributed by atoms with E-state index in [1.807, 2.05) is 35.2 Å². The molecular formula is C15H18N2O2. The van der Waals surface area contributed by atoms with E-state index in [-0.39, 0.29) is 23.9 Å². The second-order valence-electron chi connectivity index (χ2n) is 5.36. The lowest BCUT2D eigenvalue weighted by atomic mass is 9.97. The monoisotopic (exact) mass is 258 g/mol. The van der Waals surface area contributed by atoms with Gasteiger partial charge in [-0.1, -0.05) is 18.2 Å². The van der Waals surface area contributed by atoms with Crippen LogP contribution < -0.4 is 5.32 Å². The average Bonchev–Trinajstić information content (AvgIpc) is 3.07. The molecule has 2 amide bonds. The number of fused-ring (bicyclic) bond motifs is 2. The highest BCUT2D eigenvalue weighted by Gasteiger charge is 2.51. The molecule has 3 atom stereocenters. The summed E-state index contributed by atoms with van der Waals surface area (Å²) in [5.41, 5.74) is 0.670. The Morgan fingerprint density at radius 1 is 1.21 bits per heavy atom. The van der Waals surface area contributed by atoms with Crippen molar-refractivity contribution in [3.8, 4) is 0 Å². The summed E-state index contributed by atoms with van der Waals surface area (Å²) in [4.78, 5) is 26.5. The van der Waals surface area contributed by atoms with Gasteiger partial charge in [0.05, 0.1) is 0 Å². The number of carbonyl (C=O) groups excluding carboxylic acids is 2. The molecule has 2 fully saturated rings. The Morgan fingerprint density at radius 3 is 2.63 bits per heavy atom. The molecule has 4 heteroatoms. The largest absolute Gasteiger partial charge is 0.357 e. The maximum absolute atomic E-state index is 12.6. The molecule has 1 aromatic carbocycles. The Labute approximate surface area is 112 Å². The summed E-state index contributed by atoms with van der Waals surface area (Å²) < 4.78 is 0. The SMILES string of the molecule is CNC(=O)[C@@H]1[C@H]2CC[C@@H](C2)N1C(=O)c1ccccc1. The summed E-state index contributed by atoms with van der Waals surface area (Å²) in [6, 6.07) is 9.19. The topological polar surface area (TPSA) is 49.4 Å². The van der Waals surface area contributed by atoms with Crippen LogP contribution in [0.2, 0.25) is 0 Å². The first-order valence-electron chi connectivity index (χ1n) is 6.81. The molecule has 2 bridgehead atoms. The lowest BCUT2D eigenvalue weighted by Crippen LogP contribution is -2.52. The lowest BCUT2D eigenvalue weighted by molar-refractivity contribution is -0.126. The first kappa shape index (κ1) is 12.2. The van der Waals surface area contributed by atoms with Crippen molar-refractivity contribution < 1.29 is 9.59 Å². The molecule has 1 aromatic rings. The number of nitrogens with zero attached hydrogens (tertiary/aromatic N) is 1. The average molecular weight is 258 g/mol. The molecular weight excluding hydrogens is 240 g/mol. The quantitative estimate of drug-likeness (QED) is 0.872. The Balaban J connectivity index is 1.90. The van der Waals surface area contributed by atoms with Crippen LogP contribution in [0.5, 0.6) is 0 Å². The Hall–Kier alpha value is -1.84. The zero-order chi connectivity index (χ0) is 13.4. The van der Waals surface area contributed by atoms with Gasteiger partial charge in [-0.05, 0) is 37.3 Å². The Bertz CT molecular complexity index is 500. The van der Waals surface area contributed by atoms with Crippen molar-refractivity contribution in [3.05, 3.63) is 35.9 Å². The normalized spacial score (nSPS) is 28.5. The summed E-state index contributed by atoms with van der Waals surface area (Å²) in [6.07, 6.45) is 3.05. The van der Waals surface area contributed by atoms with Crippen molar-refractivity contribution in [1.82, 2.24) is 10.2 Å². The van der Waals surface area contributed by atoms with Gasteiger partial charge in [0, 0.05) is 18.7 Å². The highest BCUT2D eigenvalue weighted by Crippen LogP contribution is 2.43. The van der Waals surface area contributed by atoms with Crippen LogP contribution in [0.1, 0.15) is 29.6 Å². The zero-order valence-corrected chi connectivity index (χ0v) is 11.0. The van der Waals surface area contributed by atoms with Gasteiger partial charge in [-0.25, -0.2) is 0 Å². The minimum Gasteiger partial charge on any atom is -0.357 e. The number of likely N-dealkylation sites (N-methyl/N-ethyl adjacent to an activating group) is 1. The van der Waals surface area contributed by atoms with Gasteiger partial charge < -0.3 is 10.2 Å². The molecule has 1 saturated carbocycles. The van der Waals surface area contributed by atoms with Crippen molar-refractivity contribution >= 4 is 11.8 Å². The van der Waals surface area contributed by atoms with E-state index in [9.17, 15) is 9.59 Å². The Morgan fingerprint density at radius 2 is 1.95 bits per heavy atom. The molecule has 2 aliphatic rings. The molecule has 0 unspecified atom stereocenters. The van der Waals surface area contributed by atoms with Gasteiger partial charge in [0.25, 0.3) is 5.91 Å².